The first-order chi connectivity index (χ1) is 11.1. The topological polar surface area (TPSA) is 9.23 Å². The summed E-state index contributed by atoms with van der Waals surface area (Å²) in [4.78, 5) is 0. The quantitative estimate of drug-likeness (QED) is 0.276. The lowest BCUT2D eigenvalue weighted by molar-refractivity contribution is 0.409. The van der Waals surface area contributed by atoms with Crippen LogP contribution in [0.15, 0.2) is 24.3 Å². The Morgan fingerprint density at radius 3 is 2.13 bits per heavy atom. The normalized spacial score (nSPS) is 11.7. The van der Waals surface area contributed by atoms with Crippen molar-refractivity contribution in [2.24, 2.45) is 0 Å². The zero-order valence-electron chi connectivity index (χ0n) is 16.0. The van der Waals surface area contributed by atoms with Gasteiger partial charge < -0.3 is 4.74 Å². The molecule has 23 heavy (non-hydrogen) atoms. The Labute approximate surface area is 145 Å². The molecule has 0 bridgehead atoms. The van der Waals surface area contributed by atoms with Gasteiger partial charge in [-0.25, -0.2) is 0 Å². The Morgan fingerprint density at radius 1 is 0.826 bits per heavy atom. The van der Waals surface area contributed by atoms with E-state index in [1.165, 1.54) is 69.0 Å². The van der Waals surface area contributed by atoms with E-state index >= 15 is 0 Å². The first-order valence-corrected chi connectivity index (χ1v) is 13.1. The number of methoxy groups -OCH3 is 1. The SMILES string of the molecule is CCCCCCCC[Si](C)(C)CCCCc1ccccc1OC. The van der Waals surface area contributed by atoms with E-state index in [1.54, 1.807) is 7.11 Å². The fraction of sp³-hybridized carbons (Fsp3) is 0.714. The molecule has 0 aromatic heterocycles. The van der Waals surface area contributed by atoms with Crippen molar-refractivity contribution >= 4 is 8.07 Å². The zero-order valence-corrected chi connectivity index (χ0v) is 17.0. The van der Waals surface area contributed by atoms with Crippen LogP contribution in [-0.4, -0.2) is 15.2 Å². The average molecular weight is 335 g/mol. The third-order valence-corrected chi connectivity index (χ3v) is 8.36. The summed E-state index contributed by atoms with van der Waals surface area (Å²) in [7, 11) is 0.810. The second-order valence-corrected chi connectivity index (χ2v) is 13.0. The number of para-hydroxylation sites is 1. The molecule has 1 nitrogen and oxygen atoms in total. The van der Waals surface area contributed by atoms with Gasteiger partial charge in [0, 0.05) is 8.07 Å². The Kier molecular flexibility index (Phi) is 10.3. The van der Waals surface area contributed by atoms with Gasteiger partial charge in [-0.3, -0.25) is 0 Å². The Bertz CT molecular complexity index is 414. The van der Waals surface area contributed by atoms with Crippen molar-refractivity contribution in [1.29, 1.82) is 0 Å². The molecule has 0 atom stereocenters. The minimum Gasteiger partial charge on any atom is -0.496 e. The van der Waals surface area contributed by atoms with Crippen molar-refractivity contribution in [3.05, 3.63) is 29.8 Å². The molecule has 2 heteroatoms. The van der Waals surface area contributed by atoms with Crippen LogP contribution in [0, 0.1) is 0 Å². The molecule has 0 aliphatic carbocycles. The van der Waals surface area contributed by atoms with Gasteiger partial charge in [0.25, 0.3) is 0 Å². The Hall–Kier alpha value is -0.763. The molecule has 0 fully saturated rings. The highest BCUT2D eigenvalue weighted by atomic mass is 28.3. The largest absolute Gasteiger partial charge is 0.496 e. The molecule has 0 spiro atoms. The molecule has 0 saturated carbocycles. The maximum atomic E-state index is 5.45. The van der Waals surface area contributed by atoms with Crippen LogP contribution < -0.4 is 4.74 Å². The number of hydrogen-bond acceptors (Lipinski definition) is 1. The van der Waals surface area contributed by atoms with Gasteiger partial charge >= 0.3 is 0 Å². The van der Waals surface area contributed by atoms with E-state index in [-0.39, 0.29) is 0 Å². The summed E-state index contributed by atoms with van der Waals surface area (Å²) < 4.78 is 5.45. The molecule has 0 N–H and O–H groups in total. The number of aryl methyl sites for hydroxylation is 1. The van der Waals surface area contributed by atoms with Gasteiger partial charge in [-0.1, -0.05) is 95.3 Å². The van der Waals surface area contributed by atoms with Gasteiger partial charge in [0.05, 0.1) is 7.11 Å². The lowest BCUT2D eigenvalue weighted by atomic mass is 10.1. The number of rotatable bonds is 13. The summed E-state index contributed by atoms with van der Waals surface area (Å²) in [6.07, 6.45) is 12.4. The highest BCUT2D eigenvalue weighted by Crippen LogP contribution is 2.24. The van der Waals surface area contributed by atoms with Crippen molar-refractivity contribution in [2.45, 2.75) is 89.9 Å². The van der Waals surface area contributed by atoms with Crippen LogP contribution in [0.5, 0.6) is 5.75 Å². The molecular weight excluding hydrogens is 296 g/mol. The summed E-state index contributed by atoms with van der Waals surface area (Å²) in [6.45, 7) is 7.46. The molecular formula is C21H38OSi. The van der Waals surface area contributed by atoms with Gasteiger partial charge in [0.15, 0.2) is 0 Å². The highest BCUT2D eigenvalue weighted by molar-refractivity contribution is 6.77. The smallest absolute Gasteiger partial charge is 0.122 e. The number of hydrogen-bond donors (Lipinski definition) is 0. The molecule has 1 aromatic rings. The van der Waals surface area contributed by atoms with E-state index in [0.717, 1.165) is 12.2 Å². The van der Waals surface area contributed by atoms with Crippen LogP contribution in [0.25, 0.3) is 0 Å². The predicted molar refractivity (Wildman–Crippen MR) is 106 cm³/mol. The summed E-state index contributed by atoms with van der Waals surface area (Å²) in [5.41, 5.74) is 1.37. The first-order valence-electron chi connectivity index (χ1n) is 9.71. The average Bonchev–Trinajstić information content (AvgIpc) is 2.55. The predicted octanol–water partition coefficient (Wildman–Crippen LogP) is 7.09. The van der Waals surface area contributed by atoms with Crippen molar-refractivity contribution in [3.63, 3.8) is 0 Å². The van der Waals surface area contributed by atoms with Gasteiger partial charge in [-0.15, -0.1) is 0 Å². The van der Waals surface area contributed by atoms with Gasteiger partial charge in [0.1, 0.15) is 5.75 Å². The maximum absolute atomic E-state index is 5.45. The summed E-state index contributed by atoms with van der Waals surface area (Å²) in [5.74, 6) is 1.05. The lowest BCUT2D eigenvalue weighted by Crippen LogP contribution is -2.24. The van der Waals surface area contributed by atoms with Crippen LogP contribution in [0.4, 0.5) is 0 Å². The molecule has 0 heterocycles. The third-order valence-electron chi connectivity index (χ3n) is 4.95. The summed E-state index contributed by atoms with van der Waals surface area (Å²) in [5, 5.41) is 0. The fourth-order valence-corrected chi connectivity index (χ4v) is 6.00. The zero-order chi connectivity index (χ0) is 17.0. The van der Waals surface area contributed by atoms with Crippen molar-refractivity contribution < 1.29 is 4.74 Å². The van der Waals surface area contributed by atoms with Crippen LogP contribution in [0.2, 0.25) is 25.2 Å². The molecule has 0 saturated heterocycles. The van der Waals surface area contributed by atoms with E-state index in [9.17, 15) is 0 Å². The number of ether oxygens (including phenoxy) is 1. The van der Waals surface area contributed by atoms with E-state index in [1.807, 2.05) is 0 Å². The van der Waals surface area contributed by atoms with Crippen molar-refractivity contribution in [1.82, 2.24) is 0 Å². The maximum Gasteiger partial charge on any atom is 0.122 e. The van der Waals surface area contributed by atoms with Crippen LogP contribution in [0.1, 0.15) is 63.9 Å². The van der Waals surface area contributed by atoms with Gasteiger partial charge in [0.2, 0.25) is 0 Å². The Morgan fingerprint density at radius 2 is 1.43 bits per heavy atom. The summed E-state index contributed by atoms with van der Waals surface area (Å²) in [6, 6.07) is 11.5. The molecule has 0 aliphatic heterocycles. The molecule has 1 rings (SSSR count). The van der Waals surface area contributed by atoms with Crippen LogP contribution in [0.3, 0.4) is 0 Å². The highest BCUT2D eigenvalue weighted by Gasteiger charge is 2.19. The summed E-state index contributed by atoms with van der Waals surface area (Å²) >= 11 is 0. The Balaban J connectivity index is 2.15. The molecule has 0 radical (unpaired) electrons. The fourth-order valence-electron chi connectivity index (χ4n) is 3.34. The van der Waals surface area contributed by atoms with Gasteiger partial charge in [-0.05, 0) is 24.5 Å². The molecule has 132 valence electrons. The minimum absolute atomic E-state index is 0.963. The van der Waals surface area contributed by atoms with E-state index in [2.05, 4.69) is 44.3 Å². The van der Waals surface area contributed by atoms with Crippen LogP contribution >= 0.6 is 0 Å². The second kappa shape index (κ2) is 11.7. The lowest BCUT2D eigenvalue weighted by Gasteiger charge is -2.22. The standard InChI is InChI=1S/C21H38OSi/c1-5-6-7-8-9-13-18-23(3,4)19-14-12-16-20-15-10-11-17-21(20)22-2/h10-11,15,17H,5-9,12-14,16,18-19H2,1-4H3. The van der Waals surface area contributed by atoms with E-state index < -0.39 is 8.07 Å². The third kappa shape index (κ3) is 9.19. The van der Waals surface area contributed by atoms with Crippen molar-refractivity contribution in [3.8, 4) is 5.75 Å². The monoisotopic (exact) mass is 334 g/mol. The van der Waals surface area contributed by atoms with E-state index in [4.69, 9.17) is 4.74 Å². The molecule has 0 unspecified atom stereocenters. The molecule has 0 aliphatic rings. The first kappa shape index (κ1) is 20.3. The minimum atomic E-state index is -0.963. The molecule has 0 amide bonds. The molecule has 1 aromatic carbocycles. The van der Waals surface area contributed by atoms with Crippen LogP contribution in [-0.2, 0) is 6.42 Å². The number of benzene rings is 1. The number of unbranched alkanes of at least 4 members (excludes halogenated alkanes) is 6. The van der Waals surface area contributed by atoms with E-state index in [0.29, 0.717) is 0 Å². The van der Waals surface area contributed by atoms with Gasteiger partial charge in [-0.2, -0.15) is 0 Å². The second-order valence-electron chi connectivity index (χ2n) is 7.70. The van der Waals surface area contributed by atoms with Crippen molar-refractivity contribution in [2.75, 3.05) is 7.11 Å².